The maximum Gasteiger partial charge on any atom is 0.191 e. The van der Waals surface area contributed by atoms with Crippen molar-refractivity contribution in [2.75, 3.05) is 19.7 Å². The number of rotatable bonds is 7. The molecule has 3 rings (SSSR count). The van der Waals surface area contributed by atoms with E-state index in [9.17, 15) is 0 Å². The smallest absolute Gasteiger partial charge is 0.191 e. The predicted molar refractivity (Wildman–Crippen MR) is 97.2 cm³/mol. The quantitative estimate of drug-likeness (QED) is 0.596. The lowest BCUT2D eigenvalue weighted by Gasteiger charge is -2.61. The molecule has 2 aliphatic carbocycles. The lowest BCUT2D eigenvalue weighted by Crippen LogP contribution is -2.68. The summed E-state index contributed by atoms with van der Waals surface area (Å²) in [6.45, 7) is 6.65. The third kappa shape index (κ3) is 3.56. The summed E-state index contributed by atoms with van der Waals surface area (Å²) in [4.78, 5) is 9.10. The molecule has 0 amide bonds. The molecule has 0 aromatic carbocycles. The summed E-state index contributed by atoms with van der Waals surface area (Å²) >= 11 is 0. The molecule has 1 aromatic rings. The summed E-state index contributed by atoms with van der Waals surface area (Å²) in [5, 5.41) is 7.04. The minimum Gasteiger partial charge on any atom is -0.378 e. The van der Waals surface area contributed by atoms with Crippen LogP contribution in [0.4, 0.5) is 0 Å². The average molecular weight is 330 g/mol. The van der Waals surface area contributed by atoms with Gasteiger partial charge in [0.15, 0.2) is 5.96 Å². The maximum absolute atomic E-state index is 5.94. The second-order valence-electron chi connectivity index (χ2n) is 6.80. The standard InChI is InChI=1S/C19H30N4O/c1-3-20-18(22-13-9-15-8-5-6-12-21-15)23-16-14-17(24-4-2)19(16)10-7-11-19/h5-6,8,12,16-17H,3-4,7,9-11,13-14H2,1-2H3,(H2,20,22,23). The van der Waals surface area contributed by atoms with Gasteiger partial charge in [-0.25, -0.2) is 0 Å². The van der Waals surface area contributed by atoms with Crippen LogP contribution in [0.1, 0.15) is 45.2 Å². The molecule has 5 heteroatoms. The SMILES string of the molecule is CCNC(=NCCc1ccccn1)NC1CC(OCC)C12CCC2. The molecule has 0 saturated heterocycles. The van der Waals surface area contributed by atoms with Crippen molar-refractivity contribution in [3.05, 3.63) is 30.1 Å². The molecule has 1 spiro atoms. The van der Waals surface area contributed by atoms with E-state index in [2.05, 4.69) is 35.5 Å². The zero-order valence-corrected chi connectivity index (χ0v) is 14.9. The first-order chi connectivity index (χ1) is 11.8. The first-order valence-corrected chi connectivity index (χ1v) is 9.35. The Hall–Kier alpha value is -1.62. The highest BCUT2D eigenvalue weighted by Gasteiger charge is 2.59. The molecule has 132 valence electrons. The Labute approximate surface area is 145 Å². The van der Waals surface area contributed by atoms with E-state index >= 15 is 0 Å². The molecule has 2 atom stereocenters. The number of aliphatic imine (C=N–C) groups is 1. The van der Waals surface area contributed by atoms with Gasteiger partial charge in [-0.1, -0.05) is 12.5 Å². The highest BCUT2D eigenvalue weighted by atomic mass is 16.5. The molecular formula is C19H30N4O. The molecule has 0 radical (unpaired) electrons. The third-order valence-electron chi connectivity index (χ3n) is 5.46. The van der Waals surface area contributed by atoms with Gasteiger partial charge >= 0.3 is 0 Å². The summed E-state index contributed by atoms with van der Waals surface area (Å²) in [6.07, 6.45) is 8.13. The van der Waals surface area contributed by atoms with Crippen molar-refractivity contribution in [1.29, 1.82) is 0 Å². The van der Waals surface area contributed by atoms with Crippen molar-refractivity contribution in [3.8, 4) is 0 Å². The highest BCUT2D eigenvalue weighted by Crippen LogP contribution is 2.57. The number of hydrogen-bond donors (Lipinski definition) is 2. The van der Waals surface area contributed by atoms with Crippen molar-refractivity contribution in [2.24, 2.45) is 10.4 Å². The molecule has 1 aromatic heterocycles. The molecule has 0 bridgehead atoms. The summed E-state index contributed by atoms with van der Waals surface area (Å²) < 4.78 is 5.94. The monoisotopic (exact) mass is 330 g/mol. The predicted octanol–water partition coefficient (Wildman–Crippen LogP) is 2.53. The Morgan fingerprint density at radius 2 is 2.25 bits per heavy atom. The number of pyridine rings is 1. The second kappa shape index (κ2) is 7.97. The number of ether oxygens (including phenoxy) is 1. The third-order valence-corrected chi connectivity index (χ3v) is 5.46. The van der Waals surface area contributed by atoms with E-state index in [1.54, 1.807) is 0 Å². The molecule has 1 heterocycles. The van der Waals surface area contributed by atoms with E-state index in [0.717, 1.165) is 44.2 Å². The first-order valence-electron chi connectivity index (χ1n) is 9.35. The van der Waals surface area contributed by atoms with Gasteiger partial charge in [0.1, 0.15) is 0 Å². The number of aromatic nitrogens is 1. The van der Waals surface area contributed by atoms with E-state index in [-0.39, 0.29) is 0 Å². The maximum atomic E-state index is 5.94. The molecule has 0 aliphatic heterocycles. The molecule has 2 saturated carbocycles. The Morgan fingerprint density at radius 3 is 2.88 bits per heavy atom. The topological polar surface area (TPSA) is 58.5 Å². The van der Waals surface area contributed by atoms with Crippen LogP contribution in [0, 0.1) is 5.41 Å². The number of nitrogens with zero attached hydrogens (tertiary/aromatic N) is 2. The van der Waals surface area contributed by atoms with Gasteiger partial charge in [0.05, 0.1) is 6.10 Å². The fourth-order valence-corrected chi connectivity index (χ4v) is 3.95. The van der Waals surface area contributed by atoms with Crippen molar-refractivity contribution >= 4 is 5.96 Å². The van der Waals surface area contributed by atoms with Crippen LogP contribution in [-0.4, -0.2) is 42.8 Å². The lowest BCUT2D eigenvalue weighted by molar-refractivity contribution is -0.168. The fraction of sp³-hybridized carbons (Fsp3) is 0.684. The van der Waals surface area contributed by atoms with Crippen LogP contribution in [0.5, 0.6) is 0 Å². The number of nitrogens with one attached hydrogen (secondary N) is 2. The van der Waals surface area contributed by atoms with Crippen LogP contribution in [0.15, 0.2) is 29.4 Å². The van der Waals surface area contributed by atoms with Crippen LogP contribution in [0.2, 0.25) is 0 Å². The minimum atomic E-state index is 0.354. The van der Waals surface area contributed by atoms with Gasteiger partial charge in [-0.05, 0) is 45.2 Å². The summed E-state index contributed by atoms with van der Waals surface area (Å²) in [7, 11) is 0. The summed E-state index contributed by atoms with van der Waals surface area (Å²) in [6, 6.07) is 6.52. The molecule has 5 nitrogen and oxygen atoms in total. The van der Waals surface area contributed by atoms with Crippen molar-refractivity contribution in [1.82, 2.24) is 15.6 Å². The molecule has 2 unspecified atom stereocenters. The van der Waals surface area contributed by atoms with E-state index in [0.29, 0.717) is 17.6 Å². The zero-order valence-electron chi connectivity index (χ0n) is 14.9. The molecule has 2 fully saturated rings. The van der Waals surface area contributed by atoms with Gasteiger partial charge < -0.3 is 15.4 Å². The second-order valence-corrected chi connectivity index (χ2v) is 6.80. The Bertz CT molecular complexity index is 542. The van der Waals surface area contributed by atoms with Crippen LogP contribution >= 0.6 is 0 Å². The average Bonchev–Trinajstić information content (AvgIpc) is 2.53. The highest BCUT2D eigenvalue weighted by molar-refractivity contribution is 5.80. The molecule has 2 N–H and O–H groups in total. The Morgan fingerprint density at radius 1 is 1.38 bits per heavy atom. The molecule has 24 heavy (non-hydrogen) atoms. The van der Waals surface area contributed by atoms with E-state index in [4.69, 9.17) is 9.73 Å². The summed E-state index contributed by atoms with van der Waals surface area (Å²) in [5.41, 5.74) is 1.44. The largest absolute Gasteiger partial charge is 0.378 e. The van der Waals surface area contributed by atoms with E-state index in [1.807, 2.05) is 18.3 Å². The first kappa shape index (κ1) is 17.2. The van der Waals surface area contributed by atoms with Gasteiger partial charge in [-0.3, -0.25) is 9.98 Å². The van der Waals surface area contributed by atoms with Crippen LogP contribution in [0.3, 0.4) is 0 Å². The van der Waals surface area contributed by atoms with Crippen LogP contribution < -0.4 is 10.6 Å². The van der Waals surface area contributed by atoms with Gasteiger partial charge in [0.2, 0.25) is 0 Å². The van der Waals surface area contributed by atoms with Crippen molar-refractivity contribution in [2.45, 2.75) is 58.1 Å². The van der Waals surface area contributed by atoms with Crippen LogP contribution in [-0.2, 0) is 11.2 Å². The van der Waals surface area contributed by atoms with E-state index in [1.165, 1.54) is 19.3 Å². The number of hydrogen-bond acceptors (Lipinski definition) is 3. The van der Waals surface area contributed by atoms with Crippen molar-refractivity contribution in [3.63, 3.8) is 0 Å². The van der Waals surface area contributed by atoms with Gasteiger partial charge in [0.25, 0.3) is 0 Å². The lowest BCUT2D eigenvalue weighted by atomic mass is 9.51. The molecule has 2 aliphatic rings. The van der Waals surface area contributed by atoms with E-state index < -0.39 is 0 Å². The fourth-order valence-electron chi connectivity index (χ4n) is 3.95. The minimum absolute atomic E-state index is 0.354. The van der Waals surface area contributed by atoms with Crippen LogP contribution in [0.25, 0.3) is 0 Å². The normalized spacial score (nSPS) is 25.0. The van der Waals surface area contributed by atoms with Crippen molar-refractivity contribution < 1.29 is 4.74 Å². The Kier molecular flexibility index (Phi) is 5.72. The Balaban J connectivity index is 1.55. The number of guanidine groups is 1. The molecular weight excluding hydrogens is 300 g/mol. The van der Waals surface area contributed by atoms with Gasteiger partial charge in [-0.2, -0.15) is 0 Å². The summed E-state index contributed by atoms with van der Waals surface area (Å²) in [5.74, 6) is 0.930. The van der Waals surface area contributed by atoms with Gasteiger partial charge in [-0.15, -0.1) is 0 Å². The zero-order chi connectivity index (χ0) is 16.8. The van der Waals surface area contributed by atoms with Gasteiger partial charge in [0, 0.05) is 49.5 Å².